The molecule has 0 unspecified atom stereocenters. The smallest absolute Gasteiger partial charge is 0.282 e. The maximum Gasteiger partial charge on any atom is 0.282 e. The van der Waals surface area contributed by atoms with Gasteiger partial charge in [0.1, 0.15) is 5.82 Å². The van der Waals surface area contributed by atoms with Crippen molar-refractivity contribution in [2.75, 3.05) is 0 Å². The predicted molar refractivity (Wildman–Crippen MR) is 86.7 cm³/mol. The van der Waals surface area contributed by atoms with E-state index in [1.807, 2.05) is 6.92 Å². The lowest BCUT2D eigenvalue weighted by Crippen LogP contribution is -2.34. The summed E-state index contributed by atoms with van der Waals surface area (Å²) >= 11 is 1.20. The zero-order valence-electron chi connectivity index (χ0n) is 13.1. The Morgan fingerprint density at radius 2 is 1.52 bits per heavy atom. The largest absolute Gasteiger partial charge is 0.347 e. The minimum Gasteiger partial charge on any atom is -0.347 e. The Bertz CT molecular complexity index is 421. The zero-order chi connectivity index (χ0) is 14.9. The molecule has 1 amide bonds. The molecule has 118 valence electrons. The van der Waals surface area contributed by atoms with E-state index in [1.54, 1.807) is 0 Å². The van der Waals surface area contributed by atoms with Crippen LogP contribution in [0.1, 0.15) is 86.3 Å². The van der Waals surface area contributed by atoms with Crippen LogP contribution in [0.4, 0.5) is 0 Å². The van der Waals surface area contributed by atoms with Gasteiger partial charge in [-0.15, -0.1) is 0 Å². The molecule has 2 rings (SSSR count). The maximum atomic E-state index is 12.2. The molecule has 0 aliphatic heterocycles. The fraction of sp³-hybridized carbons (Fsp3) is 0.812. The molecule has 1 heterocycles. The highest BCUT2D eigenvalue weighted by atomic mass is 32.1. The summed E-state index contributed by atoms with van der Waals surface area (Å²) in [6, 6.07) is 0.307. The number of aromatic nitrogens is 2. The van der Waals surface area contributed by atoms with Crippen molar-refractivity contribution in [1.82, 2.24) is 14.7 Å². The van der Waals surface area contributed by atoms with E-state index in [0.717, 1.165) is 12.8 Å². The van der Waals surface area contributed by atoms with E-state index in [-0.39, 0.29) is 5.91 Å². The number of rotatable bonds is 2. The fourth-order valence-corrected chi connectivity index (χ4v) is 3.52. The summed E-state index contributed by atoms with van der Waals surface area (Å²) in [5, 5.41) is 3.67. The van der Waals surface area contributed by atoms with Crippen LogP contribution in [0, 0.1) is 6.92 Å². The van der Waals surface area contributed by atoms with Crippen LogP contribution < -0.4 is 5.32 Å². The van der Waals surface area contributed by atoms with Crippen LogP contribution in [-0.4, -0.2) is 21.3 Å². The average molecular weight is 309 g/mol. The number of carbonyl (C=O) groups is 1. The van der Waals surface area contributed by atoms with Gasteiger partial charge in [0.05, 0.1) is 0 Å². The summed E-state index contributed by atoms with van der Waals surface area (Å²) in [6.45, 7) is 1.82. The molecule has 0 saturated heterocycles. The Labute approximate surface area is 131 Å². The average Bonchev–Trinajstić information content (AvgIpc) is 2.88. The third kappa shape index (κ3) is 6.12. The molecule has 1 aliphatic carbocycles. The molecule has 1 aromatic rings. The molecule has 21 heavy (non-hydrogen) atoms. The van der Waals surface area contributed by atoms with Crippen molar-refractivity contribution >= 4 is 17.4 Å². The molecule has 0 aromatic carbocycles. The van der Waals surface area contributed by atoms with Gasteiger partial charge in [0, 0.05) is 6.04 Å². The van der Waals surface area contributed by atoms with Crippen LogP contribution in [0.15, 0.2) is 0 Å². The van der Waals surface area contributed by atoms with Gasteiger partial charge in [-0.25, -0.2) is 4.98 Å². The topological polar surface area (TPSA) is 54.9 Å². The fourth-order valence-electron chi connectivity index (χ4n) is 2.94. The molecule has 0 bridgehead atoms. The second-order valence-corrected chi connectivity index (χ2v) is 6.83. The first-order chi connectivity index (χ1) is 10.3. The summed E-state index contributed by atoms with van der Waals surface area (Å²) < 4.78 is 4.08. The Balaban J connectivity index is 1.83. The van der Waals surface area contributed by atoms with Gasteiger partial charge in [0.15, 0.2) is 0 Å². The standard InChI is InChI=1S/C16H27N3OS/c1-13-17-16(21-19-13)15(20)18-14-11-9-7-5-3-2-4-6-8-10-12-14/h14H,2-12H2,1H3,(H,18,20). The Morgan fingerprint density at radius 3 is 2.00 bits per heavy atom. The van der Waals surface area contributed by atoms with Crippen LogP contribution in [0.3, 0.4) is 0 Å². The molecule has 1 aromatic heterocycles. The molecule has 0 spiro atoms. The quantitative estimate of drug-likeness (QED) is 0.888. The maximum absolute atomic E-state index is 12.2. The summed E-state index contributed by atoms with van der Waals surface area (Å²) in [5.74, 6) is 0.640. The van der Waals surface area contributed by atoms with Crippen LogP contribution >= 0.6 is 11.5 Å². The number of aryl methyl sites for hydroxylation is 1. The minimum absolute atomic E-state index is 0.0438. The molecule has 0 atom stereocenters. The van der Waals surface area contributed by atoms with E-state index >= 15 is 0 Å². The lowest BCUT2D eigenvalue weighted by atomic mass is 9.98. The minimum atomic E-state index is -0.0438. The molecule has 5 heteroatoms. The second kappa shape index (κ2) is 9.13. The van der Waals surface area contributed by atoms with Crippen LogP contribution in [-0.2, 0) is 0 Å². The highest BCUT2D eigenvalue weighted by Crippen LogP contribution is 2.17. The van der Waals surface area contributed by atoms with Gasteiger partial charge in [0.2, 0.25) is 5.01 Å². The van der Waals surface area contributed by atoms with Crippen molar-refractivity contribution in [3.63, 3.8) is 0 Å². The second-order valence-electron chi connectivity index (χ2n) is 6.08. The van der Waals surface area contributed by atoms with Gasteiger partial charge >= 0.3 is 0 Å². The van der Waals surface area contributed by atoms with E-state index in [1.165, 1.54) is 69.3 Å². The zero-order valence-corrected chi connectivity index (χ0v) is 13.9. The highest BCUT2D eigenvalue weighted by molar-refractivity contribution is 7.07. The molecular weight excluding hydrogens is 282 g/mol. The van der Waals surface area contributed by atoms with Crippen LogP contribution in [0.2, 0.25) is 0 Å². The molecule has 1 saturated carbocycles. The third-order valence-electron chi connectivity index (χ3n) is 4.16. The van der Waals surface area contributed by atoms with Gasteiger partial charge in [0.25, 0.3) is 5.91 Å². The first-order valence-electron chi connectivity index (χ1n) is 8.37. The van der Waals surface area contributed by atoms with Gasteiger partial charge < -0.3 is 5.32 Å². The van der Waals surface area contributed by atoms with Gasteiger partial charge in [-0.2, -0.15) is 4.37 Å². The molecular formula is C16H27N3OS. The van der Waals surface area contributed by atoms with Gasteiger partial charge in [-0.05, 0) is 31.3 Å². The summed E-state index contributed by atoms with van der Waals surface area (Å²) in [4.78, 5) is 16.4. The normalized spacial score (nSPS) is 19.5. The first kappa shape index (κ1) is 16.4. The molecule has 1 N–H and O–H groups in total. The van der Waals surface area contributed by atoms with E-state index in [2.05, 4.69) is 14.7 Å². The molecule has 1 aliphatic rings. The van der Waals surface area contributed by atoms with E-state index in [4.69, 9.17) is 0 Å². The third-order valence-corrected chi connectivity index (χ3v) is 4.97. The highest BCUT2D eigenvalue weighted by Gasteiger charge is 2.16. The van der Waals surface area contributed by atoms with Crippen molar-refractivity contribution in [1.29, 1.82) is 0 Å². The Kier molecular flexibility index (Phi) is 7.13. The summed E-state index contributed by atoms with van der Waals surface area (Å²) in [6.07, 6.45) is 14.1. The number of nitrogens with one attached hydrogen (secondary N) is 1. The number of amides is 1. The molecule has 4 nitrogen and oxygen atoms in total. The van der Waals surface area contributed by atoms with E-state index in [0.29, 0.717) is 16.9 Å². The number of carbonyl (C=O) groups excluding carboxylic acids is 1. The Morgan fingerprint density at radius 1 is 1.00 bits per heavy atom. The predicted octanol–water partition coefficient (Wildman–Crippen LogP) is 4.25. The van der Waals surface area contributed by atoms with Crippen molar-refractivity contribution in [2.45, 2.75) is 83.6 Å². The van der Waals surface area contributed by atoms with E-state index < -0.39 is 0 Å². The monoisotopic (exact) mass is 309 g/mol. The summed E-state index contributed by atoms with van der Waals surface area (Å²) in [5.41, 5.74) is 0. The number of nitrogens with zero attached hydrogens (tertiary/aromatic N) is 2. The Hall–Kier alpha value is -0.970. The van der Waals surface area contributed by atoms with Gasteiger partial charge in [-0.1, -0.05) is 57.8 Å². The lowest BCUT2D eigenvalue weighted by molar-refractivity contribution is 0.0931. The van der Waals surface area contributed by atoms with Crippen molar-refractivity contribution in [3.8, 4) is 0 Å². The SMILES string of the molecule is Cc1nsc(C(=O)NC2CCCCCCCCCCC2)n1. The summed E-state index contributed by atoms with van der Waals surface area (Å²) in [7, 11) is 0. The molecule has 0 radical (unpaired) electrons. The lowest BCUT2D eigenvalue weighted by Gasteiger charge is -2.18. The molecule has 1 fully saturated rings. The number of hydrogen-bond acceptors (Lipinski definition) is 4. The first-order valence-corrected chi connectivity index (χ1v) is 9.14. The van der Waals surface area contributed by atoms with Crippen LogP contribution in [0.5, 0.6) is 0 Å². The van der Waals surface area contributed by atoms with Crippen LogP contribution in [0.25, 0.3) is 0 Å². The van der Waals surface area contributed by atoms with Crippen molar-refractivity contribution in [3.05, 3.63) is 10.8 Å². The number of hydrogen-bond donors (Lipinski definition) is 1. The van der Waals surface area contributed by atoms with E-state index in [9.17, 15) is 4.79 Å². The van der Waals surface area contributed by atoms with Crippen molar-refractivity contribution < 1.29 is 4.79 Å². The van der Waals surface area contributed by atoms with Crippen molar-refractivity contribution in [2.24, 2.45) is 0 Å². The van der Waals surface area contributed by atoms with Gasteiger partial charge in [-0.3, -0.25) is 4.79 Å².